The molecule has 0 spiro atoms. The second kappa shape index (κ2) is 11.5. The first-order valence-corrected chi connectivity index (χ1v) is 12.8. The molecule has 3 saturated heterocycles. The zero-order chi connectivity index (χ0) is 27.6. The minimum absolute atomic E-state index is 0.00701. The Morgan fingerprint density at radius 2 is 2.00 bits per heavy atom. The summed E-state index contributed by atoms with van der Waals surface area (Å²) in [7, 11) is 3.24. The van der Waals surface area contributed by atoms with Gasteiger partial charge in [-0.1, -0.05) is 5.18 Å². The smallest absolute Gasteiger partial charge is 0.234 e. The van der Waals surface area contributed by atoms with Crippen LogP contribution >= 0.6 is 0 Å². The summed E-state index contributed by atoms with van der Waals surface area (Å²) in [5.74, 6) is -2.58. The van der Waals surface area contributed by atoms with Crippen LogP contribution in [0.3, 0.4) is 0 Å². The first-order chi connectivity index (χ1) is 18.1. The lowest BCUT2D eigenvalue weighted by molar-refractivity contribution is -0.162. The Labute approximate surface area is 220 Å². The van der Waals surface area contributed by atoms with E-state index in [1.54, 1.807) is 28.9 Å². The molecule has 1 aromatic rings. The largest absolute Gasteiger partial charge is 0.375 e. The van der Waals surface area contributed by atoms with Gasteiger partial charge in [-0.3, -0.25) is 24.8 Å². The molecule has 4 unspecified atom stereocenters. The third-order valence-electron chi connectivity index (χ3n) is 7.79. The second-order valence-corrected chi connectivity index (χ2v) is 10.6. The lowest BCUT2D eigenvalue weighted by Gasteiger charge is -2.48. The number of carbonyl (C=O) groups is 2. The average Bonchev–Trinajstić information content (AvgIpc) is 2.88. The third kappa shape index (κ3) is 5.77. The van der Waals surface area contributed by atoms with Crippen LogP contribution < -0.4 is 21.3 Å². The quantitative estimate of drug-likeness (QED) is 0.403. The third-order valence-corrected chi connectivity index (χ3v) is 7.79. The standard InChI is InChI=1S/C24H36F2N8O4/c1-24(38-3)12-34(13-24)23(36)14-4-6-33(7-5-14)19-16(26)9-28-10-17(19)30-22(35)18(20(27)31-37)21-29-8-15(25)11-32(21)2/h9-10,14-15,18,20-21,29H,4-8,11-13,27H2,1-3H3,(H,30,35). The summed E-state index contributed by atoms with van der Waals surface area (Å²) in [5.41, 5.74) is 5.83. The van der Waals surface area contributed by atoms with E-state index in [2.05, 4.69) is 20.8 Å². The minimum Gasteiger partial charge on any atom is -0.375 e. The number of carbonyl (C=O) groups excluding carboxylic acids is 2. The van der Waals surface area contributed by atoms with E-state index in [9.17, 15) is 18.9 Å². The highest BCUT2D eigenvalue weighted by Crippen LogP contribution is 2.34. The van der Waals surface area contributed by atoms with Gasteiger partial charge in [0.1, 0.15) is 17.8 Å². The fourth-order valence-electron chi connectivity index (χ4n) is 5.56. The van der Waals surface area contributed by atoms with Crippen molar-refractivity contribution in [1.82, 2.24) is 20.1 Å². The molecule has 1 aromatic heterocycles. The van der Waals surface area contributed by atoms with E-state index >= 15 is 4.39 Å². The fourth-order valence-corrected chi connectivity index (χ4v) is 5.56. The summed E-state index contributed by atoms with van der Waals surface area (Å²) in [4.78, 5) is 46.5. The van der Waals surface area contributed by atoms with Gasteiger partial charge in [0, 0.05) is 39.2 Å². The van der Waals surface area contributed by atoms with Gasteiger partial charge in [0.25, 0.3) is 0 Å². The van der Waals surface area contributed by atoms with Crippen molar-refractivity contribution in [3.05, 3.63) is 23.1 Å². The zero-order valence-electron chi connectivity index (χ0n) is 21.9. The highest BCUT2D eigenvalue weighted by molar-refractivity contribution is 5.96. The van der Waals surface area contributed by atoms with E-state index in [0.29, 0.717) is 39.0 Å². The van der Waals surface area contributed by atoms with Crippen molar-refractivity contribution in [3.8, 4) is 0 Å². The number of piperidine rings is 1. The highest BCUT2D eigenvalue weighted by atomic mass is 19.1. The van der Waals surface area contributed by atoms with Gasteiger partial charge in [-0.25, -0.2) is 8.78 Å². The van der Waals surface area contributed by atoms with Crippen LogP contribution in [0.5, 0.6) is 0 Å². The number of nitroso groups, excluding NO2 is 1. The molecular formula is C24H36F2N8O4. The van der Waals surface area contributed by atoms with Gasteiger partial charge < -0.3 is 25.6 Å². The highest BCUT2D eigenvalue weighted by Gasteiger charge is 2.44. The summed E-state index contributed by atoms with van der Waals surface area (Å²) in [5, 5.41) is 8.41. The van der Waals surface area contributed by atoms with Crippen molar-refractivity contribution < 1.29 is 23.1 Å². The summed E-state index contributed by atoms with van der Waals surface area (Å²) in [6, 6.07) is 0. The molecule has 4 N–H and O–H groups in total. The van der Waals surface area contributed by atoms with Gasteiger partial charge in [-0.15, -0.1) is 4.91 Å². The lowest BCUT2D eigenvalue weighted by atomic mass is 9.90. The Hall–Kier alpha value is -2.81. The Bertz CT molecular complexity index is 1030. The number of nitrogens with one attached hydrogen (secondary N) is 2. The van der Waals surface area contributed by atoms with Crippen LogP contribution in [-0.4, -0.2) is 104 Å². The predicted octanol–water partition coefficient (Wildman–Crippen LogP) is 0.490. The van der Waals surface area contributed by atoms with Crippen LogP contribution in [0.25, 0.3) is 0 Å². The number of ether oxygens (including phenoxy) is 1. The second-order valence-electron chi connectivity index (χ2n) is 10.6. The predicted molar refractivity (Wildman–Crippen MR) is 136 cm³/mol. The molecule has 4 rings (SSSR count). The summed E-state index contributed by atoms with van der Waals surface area (Å²) in [6.45, 7) is 3.91. The number of methoxy groups -OCH3 is 1. The Balaban J connectivity index is 1.45. The number of pyridine rings is 1. The van der Waals surface area contributed by atoms with Crippen molar-refractivity contribution in [3.63, 3.8) is 0 Å². The van der Waals surface area contributed by atoms with Crippen molar-refractivity contribution in [2.75, 3.05) is 63.6 Å². The fraction of sp³-hybridized carbons (Fsp3) is 0.708. The maximum atomic E-state index is 15.0. The Morgan fingerprint density at radius 1 is 1.32 bits per heavy atom. The SMILES string of the molecule is COC1(C)CN(C(=O)C2CCN(c3c(F)cncc3NC(=O)C(C(N)N=O)C3NCC(F)CN3C)CC2)C1. The van der Waals surface area contributed by atoms with Gasteiger partial charge in [-0.05, 0) is 26.8 Å². The number of nitrogens with two attached hydrogens (primary N) is 1. The molecule has 0 aliphatic carbocycles. The van der Waals surface area contributed by atoms with Crippen LogP contribution in [0.15, 0.2) is 17.6 Å². The molecule has 4 atom stereocenters. The van der Waals surface area contributed by atoms with Gasteiger partial charge >= 0.3 is 0 Å². The zero-order valence-corrected chi connectivity index (χ0v) is 21.9. The first-order valence-electron chi connectivity index (χ1n) is 12.8. The summed E-state index contributed by atoms with van der Waals surface area (Å²) < 4.78 is 34.3. The maximum absolute atomic E-state index is 15.0. The van der Waals surface area contributed by atoms with Crippen LogP contribution in [0, 0.1) is 22.6 Å². The van der Waals surface area contributed by atoms with E-state index in [1.165, 1.54) is 6.20 Å². The minimum atomic E-state index is -1.42. The van der Waals surface area contributed by atoms with Crippen LogP contribution in [-0.2, 0) is 14.3 Å². The average molecular weight is 539 g/mol. The molecule has 0 radical (unpaired) electrons. The Morgan fingerprint density at radius 3 is 2.61 bits per heavy atom. The molecule has 0 saturated carbocycles. The van der Waals surface area contributed by atoms with E-state index < -0.39 is 36.1 Å². The maximum Gasteiger partial charge on any atom is 0.234 e. The molecule has 3 fully saturated rings. The number of hydrogen-bond donors (Lipinski definition) is 3. The number of amides is 2. The molecule has 0 aromatic carbocycles. The monoisotopic (exact) mass is 538 g/mol. The molecule has 0 bridgehead atoms. The number of halogens is 2. The molecule has 38 heavy (non-hydrogen) atoms. The molecule has 4 heterocycles. The van der Waals surface area contributed by atoms with Gasteiger partial charge in [0.15, 0.2) is 12.0 Å². The number of nitrogens with zero attached hydrogens (tertiary/aromatic N) is 5. The van der Waals surface area contributed by atoms with E-state index in [-0.39, 0.29) is 41.9 Å². The molecule has 14 heteroatoms. The summed E-state index contributed by atoms with van der Waals surface area (Å²) >= 11 is 0. The number of likely N-dealkylation sites (tertiary alicyclic amines) is 1. The van der Waals surface area contributed by atoms with Gasteiger partial charge in [-0.2, -0.15) is 0 Å². The number of alkyl halides is 1. The van der Waals surface area contributed by atoms with Crippen molar-refractivity contribution in [1.29, 1.82) is 0 Å². The van der Waals surface area contributed by atoms with Gasteiger partial charge in [0.2, 0.25) is 11.8 Å². The van der Waals surface area contributed by atoms with Crippen LogP contribution in [0.1, 0.15) is 19.8 Å². The number of aromatic nitrogens is 1. The molecule has 3 aliphatic heterocycles. The molecule has 210 valence electrons. The topological polar surface area (TPSA) is 145 Å². The number of anilines is 2. The molecule has 2 amide bonds. The Kier molecular flexibility index (Phi) is 8.55. The van der Waals surface area contributed by atoms with Crippen molar-refractivity contribution in [2.45, 2.75) is 43.9 Å². The summed E-state index contributed by atoms with van der Waals surface area (Å²) in [6.07, 6.45) is 0.130. The lowest BCUT2D eigenvalue weighted by Crippen LogP contribution is -2.64. The number of hydrogen-bond acceptors (Lipinski definition) is 10. The van der Waals surface area contributed by atoms with E-state index in [4.69, 9.17) is 10.5 Å². The molecule has 3 aliphatic rings. The van der Waals surface area contributed by atoms with E-state index in [1.807, 2.05) is 6.92 Å². The van der Waals surface area contributed by atoms with Crippen LogP contribution in [0.4, 0.5) is 20.2 Å². The van der Waals surface area contributed by atoms with Crippen LogP contribution in [0.2, 0.25) is 0 Å². The van der Waals surface area contributed by atoms with Gasteiger partial charge in [0.05, 0.1) is 42.9 Å². The normalized spacial score (nSPS) is 25.8. The number of rotatable bonds is 8. The van der Waals surface area contributed by atoms with Crippen molar-refractivity contribution >= 4 is 23.2 Å². The first kappa shape index (κ1) is 28.2. The molecule has 12 nitrogen and oxygen atoms in total. The molecular weight excluding hydrogens is 502 g/mol. The van der Waals surface area contributed by atoms with Crippen molar-refractivity contribution in [2.24, 2.45) is 22.7 Å². The van der Waals surface area contributed by atoms with E-state index in [0.717, 1.165) is 6.20 Å².